The Hall–Kier alpha value is -3.69. The molecule has 1 aromatic heterocycles. The lowest BCUT2D eigenvalue weighted by molar-refractivity contribution is 0.0725. The predicted molar refractivity (Wildman–Crippen MR) is 142 cm³/mol. The predicted octanol–water partition coefficient (Wildman–Crippen LogP) is 6.65. The van der Waals surface area contributed by atoms with Gasteiger partial charge in [0.25, 0.3) is 0 Å². The van der Waals surface area contributed by atoms with Crippen molar-refractivity contribution in [2.24, 2.45) is 5.10 Å². The quantitative estimate of drug-likeness (QED) is 0.108. The van der Waals surface area contributed by atoms with Crippen molar-refractivity contribution in [3.05, 3.63) is 87.7 Å². The first-order valence-electron chi connectivity index (χ1n) is 10.7. The van der Waals surface area contributed by atoms with E-state index in [0.717, 1.165) is 21.3 Å². The van der Waals surface area contributed by atoms with Crippen molar-refractivity contribution in [1.29, 1.82) is 0 Å². The maximum atomic E-state index is 12.7. The molecule has 9 heteroatoms. The van der Waals surface area contributed by atoms with Gasteiger partial charge in [0.1, 0.15) is 11.3 Å². The first-order valence-corrected chi connectivity index (χ1v) is 12.4. The standard InChI is InChI=1S/C26H22BrN3O4S/c1-3-33-24-14-17(8-13-23(24)34-25(31)20-6-4-5-7-22(20)32-2)15-28-30-26-29-21(16-35-26)18-9-11-19(27)12-10-18/h4-16H,3H2,1-2H3,(H,29,30). The Balaban J connectivity index is 1.45. The van der Waals surface area contributed by atoms with Gasteiger partial charge in [-0.15, -0.1) is 11.3 Å². The molecular weight excluding hydrogens is 530 g/mol. The Morgan fingerprint density at radius 1 is 1.09 bits per heavy atom. The van der Waals surface area contributed by atoms with Crippen molar-refractivity contribution >= 4 is 44.6 Å². The molecule has 0 saturated carbocycles. The highest BCUT2D eigenvalue weighted by atomic mass is 79.9. The third-order valence-electron chi connectivity index (χ3n) is 4.82. The fraction of sp³-hybridized carbons (Fsp3) is 0.115. The summed E-state index contributed by atoms with van der Waals surface area (Å²) in [5.74, 6) is 0.658. The first-order chi connectivity index (χ1) is 17.1. The lowest BCUT2D eigenvalue weighted by Crippen LogP contribution is -2.11. The van der Waals surface area contributed by atoms with E-state index in [9.17, 15) is 4.79 Å². The van der Waals surface area contributed by atoms with E-state index in [-0.39, 0.29) is 0 Å². The molecule has 178 valence electrons. The minimum absolute atomic E-state index is 0.312. The van der Waals surface area contributed by atoms with Crippen LogP contribution in [0.4, 0.5) is 5.13 Å². The van der Waals surface area contributed by atoms with Crippen LogP contribution >= 0.6 is 27.3 Å². The number of benzene rings is 3. The lowest BCUT2D eigenvalue weighted by atomic mass is 10.2. The van der Waals surface area contributed by atoms with Crippen LogP contribution in [0, 0.1) is 0 Å². The zero-order chi connectivity index (χ0) is 24.6. The number of esters is 1. The molecule has 0 radical (unpaired) electrons. The van der Waals surface area contributed by atoms with Crippen molar-refractivity contribution in [2.75, 3.05) is 19.1 Å². The zero-order valence-corrected chi connectivity index (χ0v) is 21.4. The zero-order valence-electron chi connectivity index (χ0n) is 19.0. The summed E-state index contributed by atoms with van der Waals surface area (Å²) in [5, 5.41) is 6.92. The topological polar surface area (TPSA) is 82.0 Å². The maximum absolute atomic E-state index is 12.7. The average molecular weight is 552 g/mol. The molecule has 4 aromatic rings. The number of ether oxygens (including phenoxy) is 3. The third-order valence-corrected chi connectivity index (χ3v) is 6.09. The van der Waals surface area contributed by atoms with Crippen LogP contribution < -0.4 is 19.6 Å². The number of methoxy groups -OCH3 is 1. The first kappa shape index (κ1) is 24.4. The van der Waals surface area contributed by atoms with E-state index in [1.807, 2.05) is 36.6 Å². The van der Waals surface area contributed by atoms with E-state index in [1.54, 1.807) is 48.7 Å². The van der Waals surface area contributed by atoms with Crippen molar-refractivity contribution in [1.82, 2.24) is 4.98 Å². The highest BCUT2D eigenvalue weighted by molar-refractivity contribution is 9.10. The Morgan fingerprint density at radius 2 is 1.89 bits per heavy atom. The van der Waals surface area contributed by atoms with Crippen molar-refractivity contribution in [2.45, 2.75) is 6.92 Å². The smallest absolute Gasteiger partial charge is 0.347 e. The number of para-hydroxylation sites is 1. The second-order valence-corrected chi connectivity index (χ2v) is 8.92. The van der Waals surface area contributed by atoms with Crippen LogP contribution in [0.2, 0.25) is 0 Å². The number of anilines is 1. The molecule has 1 N–H and O–H groups in total. The molecule has 0 aliphatic heterocycles. The minimum Gasteiger partial charge on any atom is -0.496 e. The molecule has 35 heavy (non-hydrogen) atoms. The number of rotatable bonds is 9. The number of halogens is 1. The molecule has 0 unspecified atom stereocenters. The Bertz CT molecular complexity index is 1340. The van der Waals surface area contributed by atoms with Crippen LogP contribution in [0.3, 0.4) is 0 Å². The number of hydrogen-bond acceptors (Lipinski definition) is 8. The molecule has 0 amide bonds. The molecule has 3 aromatic carbocycles. The second kappa shape index (κ2) is 11.6. The van der Waals surface area contributed by atoms with Crippen LogP contribution in [0.25, 0.3) is 11.3 Å². The van der Waals surface area contributed by atoms with Crippen molar-refractivity contribution in [3.8, 4) is 28.5 Å². The molecule has 0 bridgehead atoms. The molecule has 0 spiro atoms. The average Bonchev–Trinajstić information content (AvgIpc) is 3.35. The molecule has 4 rings (SSSR count). The summed E-state index contributed by atoms with van der Waals surface area (Å²) in [5.41, 5.74) is 5.96. The van der Waals surface area contributed by atoms with Gasteiger partial charge >= 0.3 is 5.97 Å². The van der Waals surface area contributed by atoms with Crippen LogP contribution in [0.5, 0.6) is 17.2 Å². The lowest BCUT2D eigenvalue weighted by Gasteiger charge is -2.12. The van der Waals surface area contributed by atoms with Crippen molar-refractivity contribution in [3.63, 3.8) is 0 Å². The van der Waals surface area contributed by atoms with E-state index in [1.165, 1.54) is 18.4 Å². The summed E-state index contributed by atoms with van der Waals surface area (Å²) in [6.07, 6.45) is 1.65. The number of aromatic nitrogens is 1. The molecule has 0 fully saturated rings. The van der Waals surface area contributed by atoms with Gasteiger partial charge in [-0.3, -0.25) is 5.43 Å². The summed E-state index contributed by atoms with van der Waals surface area (Å²) in [7, 11) is 1.51. The number of thiazole rings is 1. The normalized spacial score (nSPS) is 10.8. The molecule has 1 heterocycles. The molecule has 0 saturated heterocycles. The summed E-state index contributed by atoms with van der Waals surface area (Å²) in [6, 6.07) is 20.1. The second-order valence-electron chi connectivity index (χ2n) is 7.14. The Morgan fingerprint density at radius 3 is 2.66 bits per heavy atom. The fourth-order valence-electron chi connectivity index (χ4n) is 3.17. The van der Waals surface area contributed by atoms with Gasteiger partial charge in [0.15, 0.2) is 11.5 Å². The number of carbonyl (C=O) groups is 1. The van der Waals surface area contributed by atoms with E-state index >= 15 is 0 Å². The molecule has 0 aliphatic carbocycles. The fourth-order valence-corrected chi connectivity index (χ4v) is 4.10. The molecule has 0 atom stereocenters. The van der Waals surface area contributed by atoms with Crippen LogP contribution in [0.15, 0.2) is 81.7 Å². The van der Waals surface area contributed by atoms with Gasteiger partial charge in [-0.25, -0.2) is 9.78 Å². The number of carbonyl (C=O) groups excluding carboxylic acids is 1. The van der Waals surface area contributed by atoms with E-state index < -0.39 is 5.97 Å². The molecular formula is C26H22BrN3O4S. The highest BCUT2D eigenvalue weighted by Crippen LogP contribution is 2.30. The SMILES string of the molecule is CCOc1cc(C=NNc2nc(-c3ccc(Br)cc3)cs2)ccc1OC(=O)c1ccccc1OC. The van der Waals surface area contributed by atoms with E-state index in [4.69, 9.17) is 14.2 Å². The molecule has 0 aliphatic rings. The number of nitrogens with zero attached hydrogens (tertiary/aromatic N) is 2. The monoisotopic (exact) mass is 551 g/mol. The van der Waals surface area contributed by atoms with Crippen LogP contribution in [0.1, 0.15) is 22.8 Å². The third kappa shape index (κ3) is 6.26. The van der Waals surface area contributed by atoms with Gasteiger partial charge in [-0.05, 0) is 55.0 Å². The van der Waals surface area contributed by atoms with Crippen LogP contribution in [-0.2, 0) is 0 Å². The summed E-state index contributed by atoms with van der Waals surface area (Å²) < 4.78 is 17.6. The largest absolute Gasteiger partial charge is 0.496 e. The molecule has 7 nitrogen and oxygen atoms in total. The highest BCUT2D eigenvalue weighted by Gasteiger charge is 2.17. The van der Waals surface area contributed by atoms with E-state index in [0.29, 0.717) is 34.6 Å². The van der Waals surface area contributed by atoms with Crippen LogP contribution in [-0.4, -0.2) is 30.9 Å². The summed E-state index contributed by atoms with van der Waals surface area (Å²) >= 11 is 4.90. The number of hydrogen-bond donors (Lipinski definition) is 1. The Labute approximate surface area is 215 Å². The van der Waals surface area contributed by atoms with Gasteiger partial charge in [-0.1, -0.05) is 40.2 Å². The summed E-state index contributed by atoms with van der Waals surface area (Å²) in [6.45, 7) is 2.27. The van der Waals surface area contributed by atoms with Gasteiger partial charge in [0, 0.05) is 15.4 Å². The Kier molecular flexibility index (Phi) is 8.12. The van der Waals surface area contributed by atoms with Gasteiger partial charge in [-0.2, -0.15) is 5.10 Å². The summed E-state index contributed by atoms with van der Waals surface area (Å²) in [4.78, 5) is 17.2. The van der Waals surface area contributed by atoms with Gasteiger partial charge in [0.2, 0.25) is 5.13 Å². The maximum Gasteiger partial charge on any atom is 0.347 e. The number of hydrazone groups is 1. The van der Waals surface area contributed by atoms with E-state index in [2.05, 4.69) is 31.4 Å². The van der Waals surface area contributed by atoms with Gasteiger partial charge < -0.3 is 14.2 Å². The minimum atomic E-state index is -0.531. The van der Waals surface area contributed by atoms with Gasteiger partial charge in [0.05, 0.1) is 25.6 Å². The van der Waals surface area contributed by atoms with Crippen molar-refractivity contribution < 1.29 is 19.0 Å². The number of nitrogens with one attached hydrogen (secondary N) is 1.